The molecule has 0 amide bonds. The lowest BCUT2D eigenvalue weighted by molar-refractivity contribution is -0.104. The maximum absolute atomic E-state index is 10.3. The number of aryl methyl sites for hydroxylation is 1. The number of allylic oxidation sites excluding steroid dienone is 1. The predicted molar refractivity (Wildman–Crippen MR) is 63.4 cm³/mol. The number of aromatic nitrogens is 2. The van der Waals surface area contributed by atoms with Crippen molar-refractivity contribution in [1.29, 1.82) is 0 Å². The standard InChI is InChI=1S/C13H12N2O/c1-11-12(6-5-9-16)10-15(14-11)13-7-3-2-4-8-13/h2-10H,1H3. The van der Waals surface area contributed by atoms with Crippen molar-refractivity contribution in [1.82, 2.24) is 9.78 Å². The maximum Gasteiger partial charge on any atom is 0.142 e. The molecular formula is C13H12N2O. The Labute approximate surface area is 94.0 Å². The van der Waals surface area contributed by atoms with Crippen molar-refractivity contribution in [2.75, 3.05) is 0 Å². The van der Waals surface area contributed by atoms with Gasteiger partial charge in [-0.2, -0.15) is 5.10 Å². The largest absolute Gasteiger partial charge is 0.299 e. The Morgan fingerprint density at radius 2 is 2.00 bits per heavy atom. The zero-order valence-electron chi connectivity index (χ0n) is 9.00. The molecule has 0 unspecified atom stereocenters. The van der Waals surface area contributed by atoms with Gasteiger partial charge in [0.2, 0.25) is 0 Å². The van der Waals surface area contributed by atoms with E-state index in [1.54, 1.807) is 10.8 Å². The smallest absolute Gasteiger partial charge is 0.142 e. The molecule has 0 aliphatic heterocycles. The first-order chi connectivity index (χ1) is 7.81. The molecule has 16 heavy (non-hydrogen) atoms. The van der Waals surface area contributed by atoms with Crippen molar-refractivity contribution in [3.8, 4) is 5.69 Å². The van der Waals surface area contributed by atoms with Crippen LogP contribution in [0.5, 0.6) is 0 Å². The SMILES string of the molecule is Cc1nn(-c2ccccc2)cc1C=CC=O. The Hall–Kier alpha value is -2.16. The number of para-hydroxylation sites is 1. The molecule has 0 fully saturated rings. The average Bonchev–Trinajstić information content (AvgIpc) is 2.69. The minimum atomic E-state index is 0.763. The van der Waals surface area contributed by atoms with Gasteiger partial charge in [-0.25, -0.2) is 4.68 Å². The van der Waals surface area contributed by atoms with Gasteiger partial charge in [-0.3, -0.25) is 4.79 Å². The molecule has 0 saturated heterocycles. The van der Waals surface area contributed by atoms with E-state index in [2.05, 4.69) is 5.10 Å². The average molecular weight is 212 g/mol. The number of carbonyl (C=O) groups excluding carboxylic acids is 1. The number of carbonyl (C=O) groups is 1. The summed E-state index contributed by atoms with van der Waals surface area (Å²) < 4.78 is 1.81. The van der Waals surface area contributed by atoms with E-state index in [9.17, 15) is 4.79 Å². The molecule has 0 atom stereocenters. The van der Waals surface area contributed by atoms with Gasteiger partial charge in [-0.1, -0.05) is 18.2 Å². The van der Waals surface area contributed by atoms with Gasteiger partial charge in [-0.05, 0) is 31.2 Å². The van der Waals surface area contributed by atoms with Gasteiger partial charge in [0.05, 0.1) is 11.4 Å². The third-order valence-electron chi connectivity index (χ3n) is 2.31. The van der Waals surface area contributed by atoms with E-state index >= 15 is 0 Å². The fourth-order valence-corrected chi connectivity index (χ4v) is 1.49. The second kappa shape index (κ2) is 4.57. The third kappa shape index (κ3) is 2.08. The number of hydrogen-bond donors (Lipinski definition) is 0. The third-order valence-corrected chi connectivity index (χ3v) is 2.31. The molecule has 1 aromatic heterocycles. The van der Waals surface area contributed by atoms with Crippen LogP contribution in [0.1, 0.15) is 11.3 Å². The maximum atomic E-state index is 10.3. The molecule has 1 aromatic carbocycles. The van der Waals surface area contributed by atoms with Gasteiger partial charge in [-0.15, -0.1) is 0 Å². The molecule has 1 heterocycles. The van der Waals surface area contributed by atoms with E-state index in [4.69, 9.17) is 0 Å². The zero-order valence-corrected chi connectivity index (χ0v) is 9.00. The second-order valence-electron chi connectivity index (χ2n) is 3.45. The highest BCUT2D eigenvalue weighted by Gasteiger charge is 2.02. The fourth-order valence-electron chi connectivity index (χ4n) is 1.49. The van der Waals surface area contributed by atoms with E-state index in [-0.39, 0.29) is 0 Å². The molecule has 3 heteroatoms. The molecule has 0 N–H and O–H groups in total. The summed E-state index contributed by atoms with van der Waals surface area (Å²) in [4.78, 5) is 10.3. The highest BCUT2D eigenvalue weighted by Crippen LogP contribution is 2.12. The number of hydrogen-bond acceptors (Lipinski definition) is 2. The molecule has 0 bridgehead atoms. The van der Waals surface area contributed by atoms with E-state index in [0.29, 0.717) is 0 Å². The summed E-state index contributed by atoms with van der Waals surface area (Å²) in [7, 11) is 0. The van der Waals surface area contributed by atoms with Crippen LogP contribution in [0.3, 0.4) is 0 Å². The van der Waals surface area contributed by atoms with Crippen LogP contribution in [0.15, 0.2) is 42.6 Å². The molecule has 0 saturated carbocycles. The summed E-state index contributed by atoms with van der Waals surface area (Å²) in [5.74, 6) is 0. The van der Waals surface area contributed by atoms with Crippen molar-refractivity contribution in [2.24, 2.45) is 0 Å². The fraction of sp³-hybridized carbons (Fsp3) is 0.0769. The first-order valence-corrected chi connectivity index (χ1v) is 5.05. The molecule has 3 nitrogen and oxygen atoms in total. The molecule has 0 aliphatic rings. The first kappa shape index (κ1) is 10.4. The van der Waals surface area contributed by atoms with Crippen molar-refractivity contribution in [2.45, 2.75) is 6.92 Å². The van der Waals surface area contributed by atoms with E-state index in [0.717, 1.165) is 23.2 Å². The van der Waals surface area contributed by atoms with Gasteiger partial charge in [0.25, 0.3) is 0 Å². The predicted octanol–water partition coefficient (Wildman–Crippen LogP) is 2.39. The van der Waals surface area contributed by atoms with Crippen LogP contribution >= 0.6 is 0 Å². The van der Waals surface area contributed by atoms with E-state index in [1.807, 2.05) is 43.5 Å². The monoisotopic (exact) mass is 212 g/mol. The number of nitrogens with zero attached hydrogens (tertiary/aromatic N) is 2. The van der Waals surface area contributed by atoms with Gasteiger partial charge in [0.1, 0.15) is 6.29 Å². The Kier molecular flexibility index (Phi) is 2.96. The van der Waals surface area contributed by atoms with Crippen molar-refractivity contribution < 1.29 is 4.79 Å². The molecular weight excluding hydrogens is 200 g/mol. The van der Waals surface area contributed by atoms with Gasteiger partial charge < -0.3 is 0 Å². The van der Waals surface area contributed by atoms with Gasteiger partial charge >= 0.3 is 0 Å². The summed E-state index contributed by atoms with van der Waals surface area (Å²) >= 11 is 0. The highest BCUT2D eigenvalue weighted by molar-refractivity contribution is 5.74. The van der Waals surface area contributed by atoms with Crippen LogP contribution in [0.25, 0.3) is 11.8 Å². The highest BCUT2D eigenvalue weighted by atomic mass is 16.1. The molecule has 0 aliphatic carbocycles. The lowest BCUT2D eigenvalue weighted by Crippen LogP contribution is -1.93. The molecule has 2 rings (SSSR count). The lowest BCUT2D eigenvalue weighted by atomic mass is 10.2. The zero-order chi connectivity index (χ0) is 11.4. The number of benzene rings is 1. The molecule has 0 radical (unpaired) electrons. The Balaban J connectivity index is 2.38. The summed E-state index contributed by atoms with van der Waals surface area (Å²) in [6.45, 7) is 1.92. The van der Waals surface area contributed by atoms with Crippen LogP contribution in [0.4, 0.5) is 0 Å². The van der Waals surface area contributed by atoms with Crippen molar-refractivity contribution in [3.05, 3.63) is 53.9 Å². The molecule has 2 aromatic rings. The van der Waals surface area contributed by atoms with Crippen LogP contribution in [0, 0.1) is 6.92 Å². The summed E-state index contributed by atoms with van der Waals surface area (Å²) in [5.41, 5.74) is 2.87. The summed E-state index contributed by atoms with van der Waals surface area (Å²) in [6.07, 6.45) is 5.90. The van der Waals surface area contributed by atoms with Gasteiger partial charge in [0.15, 0.2) is 0 Å². The molecule has 80 valence electrons. The first-order valence-electron chi connectivity index (χ1n) is 5.05. The number of rotatable bonds is 3. The van der Waals surface area contributed by atoms with Crippen molar-refractivity contribution in [3.63, 3.8) is 0 Å². The second-order valence-corrected chi connectivity index (χ2v) is 3.45. The topological polar surface area (TPSA) is 34.9 Å². The summed E-state index contributed by atoms with van der Waals surface area (Å²) in [5, 5.41) is 4.38. The van der Waals surface area contributed by atoms with E-state index < -0.39 is 0 Å². The van der Waals surface area contributed by atoms with Gasteiger partial charge in [0, 0.05) is 11.8 Å². The number of aldehydes is 1. The lowest BCUT2D eigenvalue weighted by Gasteiger charge is -1.98. The van der Waals surface area contributed by atoms with Crippen LogP contribution in [-0.4, -0.2) is 16.1 Å². The van der Waals surface area contributed by atoms with E-state index in [1.165, 1.54) is 6.08 Å². The Bertz CT molecular complexity index is 512. The summed E-state index contributed by atoms with van der Waals surface area (Å²) in [6, 6.07) is 9.87. The van der Waals surface area contributed by atoms with Crippen LogP contribution in [-0.2, 0) is 4.79 Å². The Morgan fingerprint density at radius 1 is 1.25 bits per heavy atom. The van der Waals surface area contributed by atoms with Crippen LogP contribution < -0.4 is 0 Å². The van der Waals surface area contributed by atoms with Crippen LogP contribution in [0.2, 0.25) is 0 Å². The Morgan fingerprint density at radius 3 is 2.69 bits per heavy atom. The molecule has 0 spiro atoms. The quantitative estimate of drug-likeness (QED) is 0.578. The minimum absolute atomic E-state index is 0.763. The van der Waals surface area contributed by atoms with Crippen molar-refractivity contribution >= 4 is 12.4 Å². The normalized spacial score (nSPS) is 10.8. The minimum Gasteiger partial charge on any atom is -0.299 e.